The first-order valence-electron chi connectivity index (χ1n) is 7.82. The van der Waals surface area contributed by atoms with Gasteiger partial charge in [0.2, 0.25) is 0 Å². The van der Waals surface area contributed by atoms with E-state index in [1.807, 2.05) is 45.0 Å². The molecule has 2 aromatic rings. The summed E-state index contributed by atoms with van der Waals surface area (Å²) in [5.41, 5.74) is 2.01. The topological polar surface area (TPSA) is 68.3 Å². The average molecular weight is 314 g/mol. The number of aromatic nitrogens is 1. The highest BCUT2D eigenvalue weighted by Crippen LogP contribution is 2.23. The molecule has 0 bridgehead atoms. The molecule has 2 rings (SSSR count). The Hall–Kier alpha value is -2.43. The predicted octanol–water partition coefficient (Wildman–Crippen LogP) is 3.04. The zero-order valence-corrected chi connectivity index (χ0v) is 13.9. The van der Waals surface area contributed by atoms with Crippen LogP contribution in [-0.2, 0) is 9.53 Å². The van der Waals surface area contributed by atoms with Crippen LogP contribution in [0.5, 0.6) is 0 Å². The number of para-hydroxylation sites is 1. The maximum Gasteiger partial charge on any atom is 0.339 e. The number of carbonyl (C=O) groups is 2. The van der Waals surface area contributed by atoms with Crippen LogP contribution in [-0.4, -0.2) is 29.5 Å². The largest absolute Gasteiger partial charge is 0.449 e. The van der Waals surface area contributed by atoms with Crippen LogP contribution in [0, 0.1) is 0 Å². The van der Waals surface area contributed by atoms with Crippen molar-refractivity contribution in [2.24, 2.45) is 0 Å². The molecule has 23 heavy (non-hydrogen) atoms. The molecule has 1 N–H and O–H groups in total. The Bertz CT molecular complexity index is 725. The number of hydrogen-bond donors (Lipinski definition) is 1. The highest BCUT2D eigenvalue weighted by molar-refractivity contribution is 6.04. The summed E-state index contributed by atoms with van der Waals surface area (Å²) in [6, 6.07) is 9.18. The summed E-state index contributed by atoms with van der Waals surface area (Å²) in [5, 5.41) is 3.37. The second kappa shape index (κ2) is 7.22. The zero-order valence-electron chi connectivity index (χ0n) is 13.9. The van der Waals surface area contributed by atoms with Crippen molar-refractivity contribution in [3.05, 3.63) is 41.6 Å². The molecule has 0 spiro atoms. The van der Waals surface area contributed by atoms with Crippen molar-refractivity contribution in [1.82, 2.24) is 10.3 Å². The standard InChI is InChI=1S/C18H22N2O3/c1-5-19-17(21)12(4)23-18(22)14-10-16(11(2)3)20-15-9-7-6-8-13(14)15/h6-12H,5H2,1-4H3,(H,19,21). The molecule has 1 atom stereocenters. The Morgan fingerprint density at radius 1 is 1.22 bits per heavy atom. The Balaban J connectivity index is 2.37. The third-order valence-corrected chi connectivity index (χ3v) is 3.55. The molecular formula is C18H22N2O3. The first-order valence-corrected chi connectivity index (χ1v) is 7.82. The molecule has 122 valence electrons. The molecule has 1 heterocycles. The van der Waals surface area contributed by atoms with Gasteiger partial charge in [-0.1, -0.05) is 32.0 Å². The number of amides is 1. The van der Waals surface area contributed by atoms with E-state index in [0.717, 1.165) is 16.6 Å². The van der Waals surface area contributed by atoms with Gasteiger partial charge in [-0.25, -0.2) is 4.79 Å². The molecule has 1 unspecified atom stereocenters. The normalized spacial score (nSPS) is 12.2. The Kier molecular flexibility index (Phi) is 5.32. The van der Waals surface area contributed by atoms with E-state index >= 15 is 0 Å². The fourth-order valence-corrected chi connectivity index (χ4v) is 2.26. The van der Waals surface area contributed by atoms with Gasteiger partial charge in [0.25, 0.3) is 5.91 Å². The van der Waals surface area contributed by atoms with E-state index in [-0.39, 0.29) is 11.8 Å². The number of hydrogen-bond acceptors (Lipinski definition) is 4. The zero-order chi connectivity index (χ0) is 17.0. The van der Waals surface area contributed by atoms with Crippen LogP contribution in [0.1, 0.15) is 49.7 Å². The number of ether oxygens (including phenoxy) is 1. The average Bonchev–Trinajstić information content (AvgIpc) is 2.53. The number of carbonyl (C=O) groups excluding carboxylic acids is 2. The molecule has 0 fully saturated rings. The lowest BCUT2D eigenvalue weighted by Gasteiger charge is -2.15. The highest BCUT2D eigenvalue weighted by atomic mass is 16.5. The maximum atomic E-state index is 12.5. The van der Waals surface area contributed by atoms with Crippen LogP contribution in [0.3, 0.4) is 0 Å². The summed E-state index contributed by atoms with van der Waals surface area (Å²) >= 11 is 0. The summed E-state index contributed by atoms with van der Waals surface area (Å²) in [6.45, 7) is 7.91. The van der Waals surface area contributed by atoms with Crippen LogP contribution in [0.25, 0.3) is 10.9 Å². The minimum Gasteiger partial charge on any atom is -0.449 e. The Labute approximate surface area is 136 Å². The van der Waals surface area contributed by atoms with E-state index in [9.17, 15) is 9.59 Å². The maximum absolute atomic E-state index is 12.5. The quantitative estimate of drug-likeness (QED) is 0.861. The lowest BCUT2D eigenvalue weighted by molar-refractivity contribution is -0.128. The third kappa shape index (κ3) is 3.86. The fourth-order valence-electron chi connectivity index (χ4n) is 2.26. The third-order valence-electron chi connectivity index (χ3n) is 3.55. The van der Waals surface area contributed by atoms with E-state index in [0.29, 0.717) is 12.1 Å². The number of likely N-dealkylation sites (N-methyl/N-ethyl adjacent to an activating group) is 1. The summed E-state index contributed by atoms with van der Waals surface area (Å²) in [4.78, 5) is 28.8. The van der Waals surface area contributed by atoms with Gasteiger partial charge in [0.05, 0.1) is 11.1 Å². The van der Waals surface area contributed by atoms with Crippen molar-refractivity contribution < 1.29 is 14.3 Å². The van der Waals surface area contributed by atoms with Crippen molar-refractivity contribution in [2.75, 3.05) is 6.54 Å². The number of nitrogens with zero attached hydrogens (tertiary/aromatic N) is 1. The minimum absolute atomic E-state index is 0.187. The first-order chi connectivity index (χ1) is 10.9. The molecule has 0 aliphatic rings. The first kappa shape index (κ1) is 16.9. The van der Waals surface area contributed by atoms with E-state index < -0.39 is 12.1 Å². The van der Waals surface area contributed by atoms with Gasteiger partial charge in [0.1, 0.15) is 0 Å². The number of esters is 1. The molecular weight excluding hydrogens is 292 g/mol. The van der Waals surface area contributed by atoms with Gasteiger partial charge in [-0.15, -0.1) is 0 Å². The molecule has 0 aliphatic heterocycles. The van der Waals surface area contributed by atoms with Crippen LogP contribution < -0.4 is 5.32 Å². The van der Waals surface area contributed by atoms with Crippen molar-refractivity contribution >= 4 is 22.8 Å². The lowest BCUT2D eigenvalue weighted by Crippen LogP contribution is -2.35. The molecule has 1 amide bonds. The van der Waals surface area contributed by atoms with Gasteiger partial charge in [0, 0.05) is 17.6 Å². The van der Waals surface area contributed by atoms with E-state index in [1.54, 1.807) is 13.0 Å². The Morgan fingerprint density at radius 3 is 2.57 bits per heavy atom. The SMILES string of the molecule is CCNC(=O)C(C)OC(=O)c1cc(C(C)C)nc2ccccc12. The second-order valence-corrected chi connectivity index (χ2v) is 5.71. The van der Waals surface area contributed by atoms with Crippen molar-refractivity contribution in [2.45, 2.75) is 39.7 Å². The van der Waals surface area contributed by atoms with Gasteiger partial charge in [-0.2, -0.15) is 0 Å². The smallest absolute Gasteiger partial charge is 0.339 e. The van der Waals surface area contributed by atoms with Gasteiger partial charge < -0.3 is 10.1 Å². The van der Waals surface area contributed by atoms with Gasteiger partial charge in [0.15, 0.2) is 6.10 Å². The van der Waals surface area contributed by atoms with E-state index in [1.165, 1.54) is 0 Å². The van der Waals surface area contributed by atoms with E-state index in [2.05, 4.69) is 10.3 Å². The highest BCUT2D eigenvalue weighted by Gasteiger charge is 2.21. The molecule has 5 heteroatoms. The van der Waals surface area contributed by atoms with Crippen molar-refractivity contribution in [1.29, 1.82) is 0 Å². The molecule has 0 aliphatic carbocycles. The van der Waals surface area contributed by atoms with Gasteiger partial charge in [-0.05, 0) is 31.9 Å². The summed E-state index contributed by atoms with van der Waals surface area (Å²) < 4.78 is 5.31. The number of nitrogens with one attached hydrogen (secondary N) is 1. The molecule has 1 aromatic carbocycles. The fraction of sp³-hybridized carbons (Fsp3) is 0.389. The van der Waals surface area contributed by atoms with Gasteiger partial charge >= 0.3 is 5.97 Å². The van der Waals surface area contributed by atoms with Crippen LogP contribution in [0.2, 0.25) is 0 Å². The summed E-state index contributed by atoms with van der Waals surface area (Å²) in [7, 11) is 0. The number of fused-ring (bicyclic) bond motifs is 1. The molecule has 0 saturated heterocycles. The molecule has 0 radical (unpaired) electrons. The van der Waals surface area contributed by atoms with Crippen molar-refractivity contribution in [3.8, 4) is 0 Å². The summed E-state index contributed by atoms with van der Waals surface area (Å²) in [5.74, 6) is -0.625. The second-order valence-electron chi connectivity index (χ2n) is 5.71. The van der Waals surface area contributed by atoms with Crippen LogP contribution in [0.4, 0.5) is 0 Å². The predicted molar refractivity (Wildman–Crippen MR) is 89.4 cm³/mol. The van der Waals surface area contributed by atoms with Crippen molar-refractivity contribution in [3.63, 3.8) is 0 Å². The number of rotatable bonds is 5. The molecule has 1 aromatic heterocycles. The monoisotopic (exact) mass is 314 g/mol. The lowest BCUT2D eigenvalue weighted by atomic mass is 10.0. The number of pyridine rings is 1. The molecule has 0 saturated carbocycles. The van der Waals surface area contributed by atoms with Crippen LogP contribution in [0.15, 0.2) is 30.3 Å². The van der Waals surface area contributed by atoms with Crippen LogP contribution >= 0.6 is 0 Å². The number of benzene rings is 1. The Morgan fingerprint density at radius 2 is 1.91 bits per heavy atom. The molecule has 5 nitrogen and oxygen atoms in total. The van der Waals surface area contributed by atoms with E-state index in [4.69, 9.17) is 4.74 Å². The minimum atomic E-state index is -0.836. The van der Waals surface area contributed by atoms with Gasteiger partial charge in [-0.3, -0.25) is 9.78 Å². The summed E-state index contributed by atoms with van der Waals surface area (Å²) in [6.07, 6.45) is -0.836.